The summed E-state index contributed by atoms with van der Waals surface area (Å²) in [6.45, 7) is 7.03. The fourth-order valence-corrected chi connectivity index (χ4v) is 3.01. The minimum Gasteiger partial charge on any atom is -0.468 e. The Hall–Kier alpha value is -0.650. The maximum atomic E-state index is 11.7. The molecule has 0 aromatic heterocycles. The predicted molar refractivity (Wildman–Crippen MR) is 73.0 cm³/mol. The number of carbonyl (C=O) groups is 1. The summed E-state index contributed by atoms with van der Waals surface area (Å²) in [6.07, 6.45) is 3.99. The number of methoxy groups -OCH3 is 1. The lowest BCUT2D eigenvalue weighted by atomic mass is 10.1. The summed E-state index contributed by atoms with van der Waals surface area (Å²) in [5, 5.41) is 3.28. The first-order chi connectivity index (χ1) is 9.08. The van der Waals surface area contributed by atoms with Gasteiger partial charge in [0, 0.05) is 25.7 Å². The zero-order valence-corrected chi connectivity index (χ0v) is 12.2. The highest BCUT2D eigenvalue weighted by molar-refractivity contribution is 5.75. The smallest absolute Gasteiger partial charge is 0.322 e. The van der Waals surface area contributed by atoms with E-state index in [-0.39, 0.29) is 18.1 Å². The Morgan fingerprint density at radius 3 is 2.53 bits per heavy atom. The van der Waals surface area contributed by atoms with Gasteiger partial charge in [0.1, 0.15) is 6.04 Å². The van der Waals surface area contributed by atoms with Crippen LogP contribution in [0.3, 0.4) is 0 Å². The Labute approximate surface area is 115 Å². The Morgan fingerprint density at radius 1 is 1.37 bits per heavy atom. The van der Waals surface area contributed by atoms with E-state index in [4.69, 9.17) is 9.47 Å². The number of likely N-dealkylation sites (tertiary alicyclic amines) is 1. The van der Waals surface area contributed by atoms with E-state index >= 15 is 0 Å². The third kappa shape index (κ3) is 4.16. The van der Waals surface area contributed by atoms with Crippen molar-refractivity contribution in [3.05, 3.63) is 0 Å². The molecule has 5 heteroatoms. The lowest BCUT2D eigenvalue weighted by Gasteiger charge is -2.33. The molecule has 2 fully saturated rings. The molecule has 0 spiro atoms. The second-order valence-electron chi connectivity index (χ2n) is 5.90. The average Bonchev–Trinajstić information content (AvgIpc) is 2.72. The maximum Gasteiger partial charge on any atom is 0.322 e. The molecular formula is C14H26N2O3. The third-order valence-electron chi connectivity index (χ3n) is 3.87. The molecule has 19 heavy (non-hydrogen) atoms. The van der Waals surface area contributed by atoms with Gasteiger partial charge >= 0.3 is 5.97 Å². The van der Waals surface area contributed by atoms with Crippen LogP contribution in [0.2, 0.25) is 0 Å². The number of nitrogens with one attached hydrogen (secondary N) is 1. The van der Waals surface area contributed by atoms with Crippen LogP contribution in [-0.4, -0.2) is 61.9 Å². The van der Waals surface area contributed by atoms with Crippen LogP contribution in [0.5, 0.6) is 0 Å². The molecule has 2 rings (SSSR count). The van der Waals surface area contributed by atoms with E-state index in [0.717, 1.165) is 26.1 Å². The van der Waals surface area contributed by atoms with E-state index in [9.17, 15) is 4.79 Å². The van der Waals surface area contributed by atoms with E-state index in [1.54, 1.807) is 0 Å². The van der Waals surface area contributed by atoms with Gasteiger partial charge in [-0.3, -0.25) is 9.69 Å². The molecular weight excluding hydrogens is 244 g/mol. The average molecular weight is 270 g/mol. The van der Waals surface area contributed by atoms with Crippen LogP contribution in [0, 0.1) is 0 Å². The van der Waals surface area contributed by atoms with Gasteiger partial charge in [-0.1, -0.05) is 13.8 Å². The van der Waals surface area contributed by atoms with Crippen molar-refractivity contribution in [1.29, 1.82) is 0 Å². The van der Waals surface area contributed by atoms with Gasteiger partial charge in [0.2, 0.25) is 0 Å². The van der Waals surface area contributed by atoms with Crippen LogP contribution in [0.1, 0.15) is 33.1 Å². The molecule has 3 atom stereocenters. The Balaban J connectivity index is 1.79. The van der Waals surface area contributed by atoms with E-state index in [1.165, 1.54) is 20.0 Å². The molecule has 2 saturated heterocycles. The van der Waals surface area contributed by atoms with Crippen molar-refractivity contribution in [2.24, 2.45) is 0 Å². The van der Waals surface area contributed by atoms with Crippen LogP contribution in [0.15, 0.2) is 0 Å². The maximum absolute atomic E-state index is 11.7. The first-order valence-corrected chi connectivity index (χ1v) is 7.30. The molecule has 5 nitrogen and oxygen atoms in total. The highest BCUT2D eigenvalue weighted by atomic mass is 16.5. The third-order valence-corrected chi connectivity index (χ3v) is 3.87. The first-order valence-electron chi connectivity index (χ1n) is 7.30. The largest absolute Gasteiger partial charge is 0.468 e. The van der Waals surface area contributed by atoms with Crippen molar-refractivity contribution in [2.75, 3.05) is 26.7 Å². The standard InChI is InChI=1S/C14H26N2O3/c1-10(2)15-13(14(17)18-3)6-7-16-8-11-4-5-12(9-16)19-11/h10-13,15H,4-9H2,1-3H3. The Bertz CT molecular complexity index is 297. The molecule has 3 unspecified atom stereocenters. The molecule has 2 heterocycles. The van der Waals surface area contributed by atoms with Crippen LogP contribution >= 0.6 is 0 Å². The summed E-state index contributed by atoms with van der Waals surface area (Å²) in [7, 11) is 1.45. The molecule has 0 aromatic carbocycles. The molecule has 2 aliphatic heterocycles. The number of esters is 1. The zero-order valence-electron chi connectivity index (χ0n) is 12.2. The lowest BCUT2D eigenvalue weighted by Crippen LogP contribution is -2.47. The fourth-order valence-electron chi connectivity index (χ4n) is 3.01. The van der Waals surface area contributed by atoms with Gasteiger partial charge in [0.15, 0.2) is 0 Å². The second-order valence-corrected chi connectivity index (χ2v) is 5.90. The quantitative estimate of drug-likeness (QED) is 0.723. The van der Waals surface area contributed by atoms with Gasteiger partial charge in [-0.25, -0.2) is 0 Å². The Morgan fingerprint density at radius 2 is 2.00 bits per heavy atom. The summed E-state index contributed by atoms with van der Waals surface area (Å²) >= 11 is 0. The molecule has 2 aliphatic rings. The number of morpholine rings is 1. The van der Waals surface area contributed by atoms with E-state index in [1.807, 2.05) is 13.8 Å². The van der Waals surface area contributed by atoms with Crippen LogP contribution in [-0.2, 0) is 14.3 Å². The first kappa shape index (κ1) is 14.8. The van der Waals surface area contributed by atoms with E-state index in [0.29, 0.717) is 12.2 Å². The topological polar surface area (TPSA) is 50.8 Å². The van der Waals surface area contributed by atoms with Crippen molar-refractivity contribution >= 4 is 5.97 Å². The summed E-state index contributed by atoms with van der Waals surface area (Å²) in [5.74, 6) is -0.162. The summed E-state index contributed by atoms with van der Waals surface area (Å²) in [6, 6.07) is 0.0791. The molecule has 0 aromatic rings. The normalized spacial score (nSPS) is 28.6. The monoisotopic (exact) mass is 270 g/mol. The van der Waals surface area contributed by atoms with Gasteiger partial charge in [-0.15, -0.1) is 0 Å². The minimum atomic E-state index is -0.203. The highest BCUT2D eigenvalue weighted by Crippen LogP contribution is 2.26. The summed E-state index contributed by atoms with van der Waals surface area (Å²) in [4.78, 5) is 14.2. The number of carbonyl (C=O) groups excluding carboxylic acids is 1. The summed E-state index contributed by atoms with van der Waals surface area (Å²) in [5.41, 5.74) is 0. The van der Waals surface area contributed by atoms with Gasteiger partial charge in [0.05, 0.1) is 19.3 Å². The molecule has 110 valence electrons. The Kier molecular flexibility index (Phi) is 5.19. The number of hydrogen-bond donors (Lipinski definition) is 1. The fraction of sp³-hybridized carbons (Fsp3) is 0.929. The van der Waals surface area contributed by atoms with Crippen molar-refractivity contribution in [1.82, 2.24) is 10.2 Å². The van der Waals surface area contributed by atoms with Crippen LogP contribution in [0.4, 0.5) is 0 Å². The number of ether oxygens (including phenoxy) is 2. The lowest BCUT2D eigenvalue weighted by molar-refractivity contribution is -0.143. The highest BCUT2D eigenvalue weighted by Gasteiger charge is 2.34. The van der Waals surface area contributed by atoms with Crippen molar-refractivity contribution in [2.45, 2.75) is 57.4 Å². The van der Waals surface area contributed by atoms with Crippen molar-refractivity contribution in [3.63, 3.8) is 0 Å². The molecule has 0 saturated carbocycles. The molecule has 0 radical (unpaired) electrons. The van der Waals surface area contributed by atoms with Crippen LogP contribution < -0.4 is 5.32 Å². The number of rotatable bonds is 6. The molecule has 0 amide bonds. The zero-order chi connectivity index (χ0) is 13.8. The molecule has 0 aliphatic carbocycles. The number of fused-ring (bicyclic) bond motifs is 2. The second kappa shape index (κ2) is 6.68. The molecule has 1 N–H and O–H groups in total. The van der Waals surface area contributed by atoms with Crippen molar-refractivity contribution < 1.29 is 14.3 Å². The number of nitrogens with zero attached hydrogens (tertiary/aromatic N) is 1. The summed E-state index contributed by atoms with van der Waals surface area (Å²) < 4.78 is 10.7. The van der Waals surface area contributed by atoms with E-state index in [2.05, 4.69) is 10.2 Å². The van der Waals surface area contributed by atoms with E-state index < -0.39 is 0 Å². The van der Waals surface area contributed by atoms with Crippen molar-refractivity contribution in [3.8, 4) is 0 Å². The molecule has 2 bridgehead atoms. The minimum absolute atomic E-state index is 0.162. The van der Waals surface area contributed by atoms with Gasteiger partial charge < -0.3 is 14.8 Å². The van der Waals surface area contributed by atoms with Crippen LogP contribution in [0.25, 0.3) is 0 Å². The van der Waals surface area contributed by atoms with Gasteiger partial charge in [-0.2, -0.15) is 0 Å². The van der Waals surface area contributed by atoms with Gasteiger partial charge in [0.25, 0.3) is 0 Å². The predicted octanol–water partition coefficient (Wildman–Crippen LogP) is 0.779. The van der Waals surface area contributed by atoms with Gasteiger partial charge in [-0.05, 0) is 19.3 Å². The SMILES string of the molecule is COC(=O)C(CCN1CC2CCC(C1)O2)NC(C)C. The number of hydrogen-bond acceptors (Lipinski definition) is 5.